The largest absolute Gasteiger partial charge is 0.340 e. The van der Waals surface area contributed by atoms with Gasteiger partial charge >= 0.3 is 0 Å². The molecule has 0 unspecified atom stereocenters. The van der Waals surface area contributed by atoms with E-state index in [9.17, 15) is 4.79 Å². The van der Waals surface area contributed by atoms with E-state index in [1.54, 1.807) is 17.7 Å². The summed E-state index contributed by atoms with van der Waals surface area (Å²) in [5, 5.41) is 12.7. The normalized spacial score (nSPS) is 18.1. The number of benzene rings is 1. The highest BCUT2D eigenvalue weighted by molar-refractivity contribution is 7.19. The van der Waals surface area contributed by atoms with Gasteiger partial charge < -0.3 is 10.2 Å². The molecule has 1 atom stereocenters. The van der Waals surface area contributed by atoms with Crippen molar-refractivity contribution in [3.05, 3.63) is 71.3 Å². The van der Waals surface area contributed by atoms with Crippen molar-refractivity contribution in [2.45, 2.75) is 25.8 Å². The van der Waals surface area contributed by atoms with Crippen molar-refractivity contribution in [3.8, 4) is 0 Å². The zero-order chi connectivity index (χ0) is 25.5. The van der Waals surface area contributed by atoms with Crippen molar-refractivity contribution in [2.24, 2.45) is 5.92 Å². The number of carbonyl (C=O) groups is 1. The highest BCUT2D eigenvalue weighted by Gasteiger charge is 2.32. The number of hydrogen-bond acceptors (Lipinski definition) is 8. The Labute approximate surface area is 223 Å². The maximum atomic E-state index is 13.5. The molecular formula is C28H28N8OS. The van der Waals surface area contributed by atoms with Crippen molar-refractivity contribution in [2.75, 3.05) is 31.5 Å². The molecule has 1 fully saturated rings. The fourth-order valence-electron chi connectivity index (χ4n) is 5.70. The van der Waals surface area contributed by atoms with Crippen LogP contribution in [0.3, 0.4) is 0 Å². The minimum Gasteiger partial charge on any atom is -0.340 e. The summed E-state index contributed by atoms with van der Waals surface area (Å²) in [6.07, 6.45) is 9.64. The van der Waals surface area contributed by atoms with E-state index in [-0.39, 0.29) is 5.92 Å². The molecule has 1 amide bonds. The summed E-state index contributed by atoms with van der Waals surface area (Å²) >= 11 is 1.71. The van der Waals surface area contributed by atoms with E-state index in [0.717, 1.165) is 84.6 Å². The minimum atomic E-state index is 0.0372. The summed E-state index contributed by atoms with van der Waals surface area (Å²) in [6, 6.07) is 10.2. The van der Waals surface area contributed by atoms with Crippen LogP contribution >= 0.6 is 11.3 Å². The van der Waals surface area contributed by atoms with Crippen LogP contribution in [-0.2, 0) is 24.2 Å². The van der Waals surface area contributed by atoms with Crippen molar-refractivity contribution >= 4 is 49.9 Å². The lowest BCUT2D eigenvalue weighted by atomic mass is 9.86. The molecule has 1 saturated heterocycles. The van der Waals surface area contributed by atoms with Crippen LogP contribution in [0.25, 0.3) is 21.1 Å². The fraction of sp³-hybridized carbons (Fsp3) is 0.321. The molecule has 192 valence electrons. The van der Waals surface area contributed by atoms with Gasteiger partial charge in [-0.15, -0.1) is 11.3 Å². The van der Waals surface area contributed by atoms with Crippen LogP contribution in [0.15, 0.2) is 55.2 Å². The number of hydrogen-bond donors (Lipinski definition) is 2. The van der Waals surface area contributed by atoms with Crippen LogP contribution in [0.1, 0.15) is 22.4 Å². The van der Waals surface area contributed by atoms with Gasteiger partial charge in [0.05, 0.1) is 17.1 Å². The number of anilines is 2. The summed E-state index contributed by atoms with van der Waals surface area (Å²) < 4.78 is 0. The number of pyridine rings is 1. The van der Waals surface area contributed by atoms with Crippen LogP contribution in [0.4, 0.5) is 11.5 Å². The highest BCUT2D eigenvalue weighted by Crippen LogP contribution is 2.41. The van der Waals surface area contributed by atoms with Crippen LogP contribution < -0.4 is 5.32 Å². The molecule has 1 aromatic carbocycles. The van der Waals surface area contributed by atoms with Gasteiger partial charge in [-0.1, -0.05) is 0 Å². The smallest absolute Gasteiger partial charge is 0.226 e. The Morgan fingerprint density at radius 1 is 1.11 bits per heavy atom. The topological polar surface area (TPSA) is 103 Å². The van der Waals surface area contributed by atoms with E-state index in [1.807, 2.05) is 30.7 Å². The molecule has 38 heavy (non-hydrogen) atoms. The maximum absolute atomic E-state index is 13.5. The number of carbonyl (C=O) groups excluding carboxylic acids is 1. The van der Waals surface area contributed by atoms with Gasteiger partial charge in [0.15, 0.2) is 0 Å². The molecule has 2 aliphatic rings. The van der Waals surface area contributed by atoms with Crippen molar-refractivity contribution in [1.82, 2.24) is 34.9 Å². The molecule has 1 aliphatic heterocycles. The molecule has 0 radical (unpaired) electrons. The van der Waals surface area contributed by atoms with Gasteiger partial charge in [-0.2, -0.15) is 5.10 Å². The van der Waals surface area contributed by atoms with E-state index in [0.29, 0.717) is 5.91 Å². The van der Waals surface area contributed by atoms with Gasteiger partial charge in [-0.25, -0.2) is 9.97 Å². The van der Waals surface area contributed by atoms with Gasteiger partial charge in [0.2, 0.25) is 5.91 Å². The predicted octanol–water partition coefficient (Wildman–Crippen LogP) is 4.16. The van der Waals surface area contributed by atoms with E-state index in [4.69, 9.17) is 0 Å². The number of aryl methyl sites for hydroxylation is 1. The Kier molecular flexibility index (Phi) is 5.98. The maximum Gasteiger partial charge on any atom is 0.226 e. The predicted molar refractivity (Wildman–Crippen MR) is 148 cm³/mol. The van der Waals surface area contributed by atoms with Gasteiger partial charge in [0.25, 0.3) is 0 Å². The van der Waals surface area contributed by atoms with E-state index >= 15 is 0 Å². The number of fused-ring (bicyclic) bond motifs is 4. The molecule has 0 saturated carbocycles. The molecule has 0 bridgehead atoms. The van der Waals surface area contributed by atoms with Crippen LogP contribution in [0.5, 0.6) is 0 Å². The van der Waals surface area contributed by atoms with E-state index in [1.165, 1.54) is 16.0 Å². The first kappa shape index (κ1) is 23.2. The molecule has 2 N–H and O–H groups in total. The van der Waals surface area contributed by atoms with Gasteiger partial charge in [0.1, 0.15) is 17.0 Å². The number of aromatic amines is 1. The minimum absolute atomic E-state index is 0.0372. The monoisotopic (exact) mass is 524 g/mol. The molecule has 4 aromatic heterocycles. The molecule has 9 nitrogen and oxygen atoms in total. The Morgan fingerprint density at radius 3 is 2.84 bits per heavy atom. The Morgan fingerprint density at radius 2 is 1.97 bits per heavy atom. The molecular weight excluding hydrogens is 496 g/mol. The summed E-state index contributed by atoms with van der Waals surface area (Å²) in [5.74, 6) is 1.16. The number of aromatic nitrogens is 5. The number of nitrogens with one attached hydrogen (secondary N) is 2. The average molecular weight is 525 g/mol. The molecule has 5 heterocycles. The summed E-state index contributed by atoms with van der Waals surface area (Å²) in [7, 11) is 0. The van der Waals surface area contributed by atoms with Crippen LogP contribution in [0.2, 0.25) is 0 Å². The summed E-state index contributed by atoms with van der Waals surface area (Å²) in [6.45, 7) is 4.31. The zero-order valence-electron chi connectivity index (χ0n) is 20.9. The SMILES string of the molecule is O=C([C@H]1CCc2c(sc3ncnc(Nc4ccc5[nH]ncc5c4)c23)C1)N1CCN(Cc2ccncc2)CC1. The van der Waals surface area contributed by atoms with E-state index < -0.39 is 0 Å². The lowest BCUT2D eigenvalue weighted by Gasteiger charge is -2.37. The first-order valence-electron chi connectivity index (χ1n) is 13.1. The summed E-state index contributed by atoms with van der Waals surface area (Å²) in [4.78, 5) is 33.5. The lowest BCUT2D eigenvalue weighted by Crippen LogP contribution is -2.50. The third-order valence-electron chi connectivity index (χ3n) is 7.74. The van der Waals surface area contributed by atoms with Gasteiger partial charge in [0, 0.05) is 67.0 Å². The first-order chi connectivity index (χ1) is 18.7. The Balaban J connectivity index is 1.05. The zero-order valence-corrected chi connectivity index (χ0v) is 21.7. The van der Waals surface area contributed by atoms with Crippen molar-refractivity contribution < 1.29 is 4.79 Å². The number of rotatable bonds is 5. The van der Waals surface area contributed by atoms with Gasteiger partial charge in [-0.3, -0.25) is 19.8 Å². The second kappa shape index (κ2) is 9.77. The molecule has 7 rings (SSSR count). The highest BCUT2D eigenvalue weighted by atomic mass is 32.1. The number of nitrogens with zero attached hydrogens (tertiary/aromatic N) is 6. The molecule has 10 heteroatoms. The second-order valence-corrected chi connectivity index (χ2v) is 11.2. The van der Waals surface area contributed by atoms with Crippen molar-refractivity contribution in [1.29, 1.82) is 0 Å². The number of amides is 1. The van der Waals surface area contributed by atoms with Crippen molar-refractivity contribution in [3.63, 3.8) is 0 Å². The third kappa shape index (κ3) is 4.39. The third-order valence-corrected chi connectivity index (χ3v) is 8.90. The second-order valence-electron chi connectivity index (χ2n) is 10.1. The number of thiophene rings is 1. The van der Waals surface area contributed by atoms with Gasteiger partial charge in [-0.05, 0) is 60.7 Å². The fourth-order valence-corrected chi connectivity index (χ4v) is 6.97. The van der Waals surface area contributed by atoms with Crippen LogP contribution in [0, 0.1) is 5.92 Å². The Bertz CT molecular complexity index is 1610. The quantitative estimate of drug-likeness (QED) is 0.356. The standard InChI is InChI=1S/C28H28N8OS/c37-28(36-11-9-35(10-12-36)16-18-5-7-29-8-6-18)19-1-3-22-24(14-19)38-27-25(22)26(30-17-31-27)33-21-2-4-23-20(13-21)15-32-34-23/h2,4-8,13,15,17,19H,1,3,9-12,14,16H2,(H,32,34)(H,30,31,33)/t19-/m0/s1. The Hall–Kier alpha value is -3.89. The van der Waals surface area contributed by atoms with Crippen LogP contribution in [-0.4, -0.2) is 67.0 Å². The molecule has 1 aliphatic carbocycles. The average Bonchev–Trinajstić information content (AvgIpc) is 3.58. The number of H-pyrrole nitrogens is 1. The van der Waals surface area contributed by atoms with E-state index in [2.05, 4.69) is 58.5 Å². The molecule has 5 aromatic rings. The lowest BCUT2D eigenvalue weighted by molar-refractivity contribution is -0.137. The first-order valence-corrected chi connectivity index (χ1v) is 13.9. The number of piperazine rings is 1. The summed E-state index contributed by atoms with van der Waals surface area (Å²) in [5.41, 5.74) is 4.53. The molecule has 0 spiro atoms.